The number of pyridine rings is 1. The molecule has 2 aliphatic rings. The van der Waals surface area contributed by atoms with Gasteiger partial charge in [-0.2, -0.15) is 0 Å². The van der Waals surface area contributed by atoms with Crippen LogP contribution >= 0.6 is 0 Å². The molecule has 2 aromatic carbocycles. The number of benzene rings is 2. The maximum atomic E-state index is 6.26. The monoisotopic (exact) mass is 459 g/mol. The Morgan fingerprint density at radius 2 is 1.65 bits per heavy atom. The van der Waals surface area contributed by atoms with Gasteiger partial charge < -0.3 is 23.5 Å². The van der Waals surface area contributed by atoms with Crippen molar-refractivity contribution >= 4 is 12.6 Å². The van der Waals surface area contributed by atoms with E-state index >= 15 is 0 Å². The van der Waals surface area contributed by atoms with E-state index in [0.29, 0.717) is 23.9 Å². The standard InChI is InChI=1S/C27H30BNO5/c1-6-19-12-15-21(16-29-19)32-23-9-7-8-22-24(17-30-25(22)23)31-20-13-10-18(11-14-20)28-33-26(2,3)27(4,5)34-28/h7-16,24H,6,17H2,1-5H3. The Kier molecular flexibility index (Phi) is 5.78. The summed E-state index contributed by atoms with van der Waals surface area (Å²) in [4.78, 5) is 4.40. The quantitative estimate of drug-likeness (QED) is 0.470. The van der Waals surface area contributed by atoms with Crippen molar-refractivity contribution in [3.8, 4) is 23.0 Å². The Labute approximate surface area is 201 Å². The number of para-hydroxylation sites is 1. The van der Waals surface area contributed by atoms with Crippen molar-refractivity contribution in [1.82, 2.24) is 4.98 Å². The second-order valence-electron chi connectivity index (χ2n) is 9.69. The first-order chi connectivity index (χ1) is 16.3. The smallest absolute Gasteiger partial charge is 0.485 e. The number of hydrogen-bond donors (Lipinski definition) is 0. The second kappa shape index (κ2) is 8.64. The van der Waals surface area contributed by atoms with Crippen molar-refractivity contribution in [2.75, 3.05) is 6.61 Å². The topological polar surface area (TPSA) is 59.0 Å². The molecule has 5 rings (SSSR count). The zero-order valence-electron chi connectivity index (χ0n) is 20.3. The lowest BCUT2D eigenvalue weighted by molar-refractivity contribution is 0.00578. The number of rotatable bonds is 6. The average molecular weight is 459 g/mol. The van der Waals surface area contributed by atoms with Crippen molar-refractivity contribution in [3.63, 3.8) is 0 Å². The number of aryl methyl sites for hydroxylation is 1. The Hall–Kier alpha value is -3.03. The van der Waals surface area contributed by atoms with Crippen LogP contribution < -0.4 is 19.7 Å². The fourth-order valence-electron chi connectivity index (χ4n) is 4.02. The summed E-state index contributed by atoms with van der Waals surface area (Å²) in [5, 5.41) is 0. The van der Waals surface area contributed by atoms with Gasteiger partial charge in [0.05, 0.1) is 17.4 Å². The zero-order chi connectivity index (χ0) is 23.9. The van der Waals surface area contributed by atoms with Crippen molar-refractivity contribution in [2.24, 2.45) is 0 Å². The molecule has 3 heterocycles. The molecule has 1 unspecified atom stereocenters. The van der Waals surface area contributed by atoms with Crippen LogP contribution in [0.5, 0.6) is 23.0 Å². The number of aromatic nitrogens is 1. The van der Waals surface area contributed by atoms with E-state index in [1.54, 1.807) is 6.20 Å². The molecule has 0 spiro atoms. The molecule has 0 saturated carbocycles. The fourth-order valence-corrected chi connectivity index (χ4v) is 4.02. The van der Waals surface area contributed by atoms with Gasteiger partial charge in [-0.15, -0.1) is 0 Å². The van der Waals surface area contributed by atoms with Crippen LogP contribution in [0.15, 0.2) is 60.8 Å². The van der Waals surface area contributed by atoms with Gasteiger partial charge in [0.2, 0.25) is 0 Å². The molecule has 0 N–H and O–H groups in total. The SMILES string of the molecule is CCc1ccc(Oc2cccc3c2OCC3Oc2ccc(B3OC(C)(C)C(C)(C)O3)cc2)cn1. The van der Waals surface area contributed by atoms with E-state index in [9.17, 15) is 0 Å². The van der Waals surface area contributed by atoms with E-state index in [2.05, 4.69) is 39.6 Å². The summed E-state index contributed by atoms with van der Waals surface area (Å²) in [5.74, 6) is 2.80. The molecule has 1 aromatic heterocycles. The predicted molar refractivity (Wildman–Crippen MR) is 131 cm³/mol. The van der Waals surface area contributed by atoms with Gasteiger partial charge in [0.15, 0.2) is 17.6 Å². The summed E-state index contributed by atoms with van der Waals surface area (Å²) in [6, 6.07) is 17.6. The highest BCUT2D eigenvalue weighted by molar-refractivity contribution is 6.62. The van der Waals surface area contributed by atoms with E-state index < -0.39 is 7.12 Å². The first-order valence-electron chi connectivity index (χ1n) is 11.8. The normalized spacial score (nSPS) is 20.0. The lowest BCUT2D eigenvalue weighted by Gasteiger charge is -2.32. The van der Waals surface area contributed by atoms with Gasteiger partial charge in [0.25, 0.3) is 0 Å². The van der Waals surface area contributed by atoms with Gasteiger partial charge >= 0.3 is 7.12 Å². The van der Waals surface area contributed by atoms with Crippen molar-refractivity contribution in [1.29, 1.82) is 0 Å². The summed E-state index contributed by atoms with van der Waals surface area (Å²) in [7, 11) is -0.393. The molecule has 34 heavy (non-hydrogen) atoms. The van der Waals surface area contributed by atoms with Gasteiger partial charge in [-0.3, -0.25) is 4.98 Å². The fraction of sp³-hybridized carbons (Fsp3) is 0.370. The third-order valence-corrected chi connectivity index (χ3v) is 6.81. The van der Waals surface area contributed by atoms with E-state index in [1.807, 2.05) is 54.6 Å². The Morgan fingerprint density at radius 3 is 2.29 bits per heavy atom. The highest BCUT2D eigenvalue weighted by Crippen LogP contribution is 2.43. The highest BCUT2D eigenvalue weighted by atomic mass is 16.7. The number of hydrogen-bond acceptors (Lipinski definition) is 6. The molecular weight excluding hydrogens is 429 g/mol. The van der Waals surface area contributed by atoms with Gasteiger partial charge in [-0.25, -0.2) is 0 Å². The largest absolute Gasteiger partial charge is 0.494 e. The lowest BCUT2D eigenvalue weighted by atomic mass is 9.79. The summed E-state index contributed by atoms with van der Waals surface area (Å²) >= 11 is 0. The molecule has 0 amide bonds. The van der Waals surface area contributed by atoms with E-state index in [4.69, 9.17) is 23.5 Å². The summed E-state index contributed by atoms with van der Waals surface area (Å²) < 4.78 is 30.6. The Balaban J connectivity index is 1.28. The molecule has 1 fully saturated rings. The van der Waals surface area contributed by atoms with Crippen LogP contribution in [0.4, 0.5) is 0 Å². The van der Waals surface area contributed by atoms with Crippen molar-refractivity contribution in [2.45, 2.75) is 58.3 Å². The molecule has 176 valence electrons. The highest BCUT2D eigenvalue weighted by Gasteiger charge is 2.51. The van der Waals surface area contributed by atoms with Crippen LogP contribution in [0.1, 0.15) is 52.0 Å². The minimum Gasteiger partial charge on any atom is -0.485 e. The maximum absolute atomic E-state index is 6.26. The van der Waals surface area contributed by atoms with Crippen LogP contribution in [0.2, 0.25) is 0 Å². The molecule has 2 aliphatic heterocycles. The minimum atomic E-state index is -0.393. The predicted octanol–water partition coefficient (Wildman–Crippen LogP) is 5.25. The van der Waals surface area contributed by atoms with Crippen LogP contribution in [0, 0.1) is 0 Å². The third kappa shape index (κ3) is 4.26. The molecule has 3 aromatic rings. The average Bonchev–Trinajstić information content (AvgIpc) is 3.32. The Bertz CT molecular complexity index is 1140. The summed E-state index contributed by atoms with van der Waals surface area (Å²) in [5.41, 5.74) is 2.22. The van der Waals surface area contributed by atoms with E-state index in [0.717, 1.165) is 28.9 Å². The summed E-state index contributed by atoms with van der Waals surface area (Å²) in [6.07, 6.45) is 2.41. The van der Waals surface area contributed by atoms with Crippen LogP contribution in [-0.4, -0.2) is 29.9 Å². The van der Waals surface area contributed by atoms with Crippen LogP contribution in [0.3, 0.4) is 0 Å². The van der Waals surface area contributed by atoms with E-state index in [-0.39, 0.29) is 17.3 Å². The van der Waals surface area contributed by atoms with Crippen molar-refractivity contribution < 1.29 is 23.5 Å². The Morgan fingerprint density at radius 1 is 0.941 bits per heavy atom. The molecule has 0 aliphatic carbocycles. The minimum absolute atomic E-state index is 0.221. The maximum Gasteiger partial charge on any atom is 0.494 e. The lowest BCUT2D eigenvalue weighted by Crippen LogP contribution is -2.41. The van der Waals surface area contributed by atoms with E-state index in [1.165, 1.54) is 0 Å². The van der Waals surface area contributed by atoms with Gasteiger partial charge in [-0.05, 0) is 69.9 Å². The molecule has 0 bridgehead atoms. The number of nitrogens with zero attached hydrogens (tertiary/aromatic N) is 1. The van der Waals surface area contributed by atoms with Gasteiger partial charge in [-0.1, -0.05) is 31.2 Å². The summed E-state index contributed by atoms with van der Waals surface area (Å²) in [6.45, 7) is 10.7. The molecule has 1 saturated heterocycles. The van der Waals surface area contributed by atoms with Crippen LogP contribution in [-0.2, 0) is 15.7 Å². The van der Waals surface area contributed by atoms with Gasteiger partial charge in [0, 0.05) is 11.3 Å². The zero-order valence-corrected chi connectivity index (χ0v) is 20.3. The third-order valence-electron chi connectivity index (χ3n) is 6.81. The second-order valence-corrected chi connectivity index (χ2v) is 9.69. The molecule has 6 nitrogen and oxygen atoms in total. The first kappa shape index (κ1) is 22.8. The van der Waals surface area contributed by atoms with Gasteiger partial charge in [0.1, 0.15) is 18.1 Å². The molecule has 0 radical (unpaired) electrons. The molecule has 1 atom stereocenters. The first-order valence-corrected chi connectivity index (χ1v) is 11.8. The van der Waals surface area contributed by atoms with Crippen LogP contribution in [0.25, 0.3) is 0 Å². The molecular formula is C27H30BNO5. The van der Waals surface area contributed by atoms with Crippen molar-refractivity contribution in [3.05, 3.63) is 72.1 Å². The number of ether oxygens (including phenoxy) is 3. The molecule has 7 heteroatoms. The number of fused-ring (bicyclic) bond motifs is 1.